The molecule has 0 saturated heterocycles. The minimum atomic E-state index is -2.02. The highest BCUT2D eigenvalue weighted by Crippen LogP contribution is 2.64. The molecule has 128 valence electrons. The van der Waals surface area contributed by atoms with Crippen LogP contribution < -0.4 is 0 Å². The molecule has 0 N–H and O–H groups in total. The Hall–Kier alpha value is 0.467. The average Bonchev–Trinajstić information content (AvgIpc) is 2.26. The van der Waals surface area contributed by atoms with Crippen LogP contribution in [0.15, 0.2) is 0 Å². The molecular weight excluding hydrogens is 296 g/mol. The molecule has 0 rings (SSSR count). The zero-order valence-electron chi connectivity index (χ0n) is 16.8. The Morgan fingerprint density at radius 3 is 1.24 bits per heavy atom. The maximum atomic E-state index is 7.20. The van der Waals surface area contributed by atoms with Gasteiger partial charge < -0.3 is 4.43 Å². The van der Waals surface area contributed by atoms with Crippen molar-refractivity contribution in [3.63, 3.8) is 0 Å². The molecule has 0 saturated carbocycles. The molecule has 0 bridgehead atoms. The van der Waals surface area contributed by atoms with Crippen LogP contribution in [0.25, 0.3) is 0 Å². The fourth-order valence-corrected chi connectivity index (χ4v) is 5.92. The van der Waals surface area contributed by atoms with Crippen molar-refractivity contribution in [3.05, 3.63) is 0 Å². The summed E-state index contributed by atoms with van der Waals surface area (Å²) in [6.07, 6.45) is 0. The lowest BCUT2D eigenvalue weighted by Gasteiger charge is -2.63. The summed E-state index contributed by atoms with van der Waals surface area (Å²) < 4.78 is 5.53. The monoisotopic (exact) mass is 334 g/mol. The standard InChI is InChI=1S/C18H39ClOSi/c1-14(2,3)15(4,5)16(6,7)17(8,9)18(10,19)21(12,13)20-11/h1-13H3. The van der Waals surface area contributed by atoms with E-state index in [0.717, 1.165) is 0 Å². The van der Waals surface area contributed by atoms with Crippen LogP contribution in [-0.2, 0) is 4.43 Å². The Morgan fingerprint density at radius 1 is 0.667 bits per heavy atom. The highest BCUT2D eigenvalue weighted by atomic mass is 35.5. The summed E-state index contributed by atoms with van der Waals surface area (Å²) in [5.41, 5.74) is 0.277. The van der Waals surface area contributed by atoms with Gasteiger partial charge in [-0.05, 0) is 41.7 Å². The third-order valence-corrected chi connectivity index (χ3v) is 13.6. The van der Waals surface area contributed by atoms with Crippen LogP contribution in [0.1, 0.15) is 69.2 Å². The van der Waals surface area contributed by atoms with Gasteiger partial charge in [0.15, 0.2) is 0 Å². The van der Waals surface area contributed by atoms with E-state index in [2.05, 4.69) is 82.3 Å². The first-order chi connectivity index (χ1) is 8.81. The molecule has 0 aliphatic rings. The predicted octanol–water partition coefficient (Wildman–Crippen LogP) is 6.50. The quantitative estimate of drug-likeness (QED) is 0.412. The molecule has 0 spiro atoms. The van der Waals surface area contributed by atoms with Crippen LogP contribution in [0, 0.1) is 21.7 Å². The maximum absolute atomic E-state index is 7.20. The molecule has 1 nitrogen and oxygen atoms in total. The molecule has 1 atom stereocenters. The third kappa shape index (κ3) is 2.97. The molecule has 0 heterocycles. The summed E-state index contributed by atoms with van der Waals surface area (Å²) in [6.45, 7) is 27.8. The minimum Gasteiger partial charge on any atom is -0.419 e. The van der Waals surface area contributed by atoms with Crippen LogP contribution in [0.2, 0.25) is 13.1 Å². The van der Waals surface area contributed by atoms with E-state index in [-0.39, 0.29) is 26.2 Å². The molecular formula is C18H39ClOSi. The van der Waals surface area contributed by atoms with Gasteiger partial charge in [0, 0.05) is 7.11 Å². The molecule has 0 aliphatic carbocycles. The summed E-state index contributed by atoms with van der Waals surface area (Å²) in [4.78, 5) is 0. The Kier molecular flexibility index (Phi) is 5.65. The topological polar surface area (TPSA) is 9.23 Å². The van der Waals surface area contributed by atoms with E-state index in [1.807, 2.05) is 7.11 Å². The summed E-state index contributed by atoms with van der Waals surface area (Å²) >= 11 is 7.20. The number of hydrogen-bond acceptors (Lipinski definition) is 1. The molecule has 0 aliphatic heterocycles. The Labute approximate surface area is 140 Å². The maximum Gasteiger partial charge on any atom is 0.207 e. The summed E-state index contributed by atoms with van der Waals surface area (Å²) in [5.74, 6) is 0. The Balaban J connectivity index is 6.14. The molecule has 21 heavy (non-hydrogen) atoms. The second-order valence-electron chi connectivity index (χ2n) is 9.84. The van der Waals surface area contributed by atoms with Crippen LogP contribution in [-0.4, -0.2) is 19.9 Å². The molecule has 0 radical (unpaired) electrons. The van der Waals surface area contributed by atoms with Gasteiger partial charge in [-0.2, -0.15) is 0 Å². The van der Waals surface area contributed by atoms with Gasteiger partial charge in [0.2, 0.25) is 8.32 Å². The molecule has 0 aromatic rings. The number of halogens is 1. The van der Waals surface area contributed by atoms with Crippen molar-refractivity contribution >= 4 is 19.9 Å². The van der Waals surface area contributed by atoms with Crippen LogP contribution in [0.4, 0.5) is 0 Å². The van der Waals surface area contributed by atoms with Gasteiger partial charge in [0.05, 0.1) is 4.50 Å². The van der Waals surface area contributed by atoms with Gasteiger partial charge in [0.25, 0.3) is 0 Å². The van der Waals surface area contributed by atoms with Crippen molar-refractivity contribution in [2.24, 2.45) is 21.7 Å². The predicted molar refractivity (Wildman–Crippen MR) is 99.5 cm³/mol. The zero-order valence-corrected chi connectivity index (χ0v) is 18.5. The number of hydrogen-bond donors (Lipinski definition) is 0. The van der Waals surface area contributed by atoms with E-state index in [4.69, 9.17) is 16.0 Å². The molecule has 1 unspecified atom stereocenters. The SMILES string of the molecule is CO[Si](C)(C)C(C)(Cl)C(C)(C)C(C)(C)C(C)(C)C(C)(C)C. The van der Waals surface area contributed by atoms with Gasteiger partial charge in [-0.3, -0.25) is 0 Å². The van der Waals surface area contributed by atoms with Crippen LogP contribution in [0.5, 0.6) is 0 Å². The van der Waals surface area contributed by atoms with Gasteiger partial charge in [-0.25, -0.2) is 0 Å². The second kappa shape index (κ2) is 5.53. The number of alkyl halides is 1. The van der Waals surface area contributed by atoms with E-state index in [9.17, 15) is 0 Å². The Morgan fingerprint density at radius 2 is 1.00 bits per heavy atom. The smallest absolute Gasteiger partial charge is 0.207 e. The minimum absolute atomic E-state index is 0.0392. The second-order valence-corrected chi connectivity index (χ2v) is 15.3. The van der Waals surface area contributed by atoms with Crippen molar-refractivity contribution in [1.82, 2.24) is 0 Å². The average molecular weight is 335 g/mol. The lowest BCUT2D eigenvalue weighted by Crippen LogP contribution is -2.66. The van der Waals surface area contributed by atoms with Crippen LogP contribution >= 0.6 is 11.6 Å². The van der Waals surface area contributed by atoms with Gasteiger partial charge in [0.1, 0.15) is 0 Å². The van der Waals surface area contributed by atoms with Crippen molar-refractivity contribution in [1.29, 1.82) is 0 Å². The molecule has 3 heteroatoms. The first-order valence-corrected chi connectivity index (χ1v) is 11.3. The van der Waals surface area contributed by atoms with E-state index in [1.165, 1.54) is 0 Å². The third-order valence-electron chi connectivity index (χ3n) is 7.81. The van der Waals surface area contributed by atoms with Gasteiger partial charge in [-0.1, -0.05) is 62.3 Å². The highest BCUT2D eigenvalue weighted by molar-refractivity contribution is 6.82. The fourth-order valence-electron chi connectivity index (χ4n) is 3.25. The highest BCUT2D eigenvalue weighted by Gasteiger charge is 2.63. The van der Waals surface area contributed by atoms with E-state index in [0.29, 0.717) is 0 Å². The fraction of sp³-hybridized carbons (Fsp3) is 1.00. The Bertz CT molecular complexity index is 373. The lowest BCUT2D eigenvalue weighted by atomic mass is 9.47. The van der Waals surface area contributed by atoms with Crippen molar-refractivity contribution in [2.75, 3.05) is 7.11 Å². The summed E-state index contributed by atoms with van der Waals surface area (Å²) in [6, 6.07) is 0. The van der Waals surface area contributed by atoms with Crippen molar-refractivity contribution < 1.29 is 4.43 Å². The van der Waals surface area contributed by atoms with Gasteiger partial charge in [-0.15, -0.1) is 11.6 Å². The first kappa shape index (κ1) is 21.5. The molecule has 0 aromatic carbocycles. The molecule has 0 amide bonds. The first-order valence-electron chi connectivity index (χ1n) is 8.05. The van der Waals surface area contributed by atoms with E-state index >= 15 is 0 Å². The number of rotatable bonds is 5. The summed E-state index contributed by atoms with van der Waals surface area (Å²) in [5, 5.41) is 0. The lowest BCUT2D eigenvalue weighted by molar-refractivity contribution is -0.0945. The van der Waals surface area contributed by atoms with E-state index < -0.39 is 8.32 Å². The van der Waals surface area contributed by atoms with Crippen molar-refractivity contribution in [2.45, 2.75) is 86.8 Å². The molecule has 0 aromatic heterocycles. The van der Waals surface area contributed by atoms with Gasteiger partial charge >= 0.3 is 0 Å². The summed E-state index contributed by atoms with van der Waals surface area (Å²) in [7, 11) is -0.212. The largest absolute Gasteiger partial charge is 0.419 e. The normalized spacial score (nSPS) is 18.6. The molecule has 0 fully saturated rings. The van der Waals surface area contributed by atoms with E-state index in [1.54, 1.807) is 0 Å². The zero-order chi connectivity index (χ0) is 17.7. The van der Waals surface area contributed by atoms with Crippen LogP contribution in [0.3, 0.4) is 0 Å². The van der Waals surface area contributed by atoms with Crippen molar-refractivity contribution in [3.8, 4) is 0 Å².